The molecule has 0 heterocycles. The summed E-state index contributed by atoms with van der Waals surface area (Å²) >= 11 is 0. The number of phosphoric ester groups is 1. The van der Waals surface area contributed by atoms with Gasteiger partial charge in [-0.3, -0.25) is 13.8 Å². The summed E-state index contributed by atoms with van der Waals surface area (Å²) in [6.07, 6.45) is 46.8. The molecular weight excluding hydrogens is 707 g/mol. The van der Waals surface area contributed by atoms with Crippen LogP contribution in [0.1, 0.15) is 200 Å². The number of allylic oxidation sites excluding steroid dienone is 6. The first kappa shape index (κ1) is 53.7. The molecule has 0 saturated carbocycles. The fourth-order valence-electron chi connectivity index (χ4n) is 6.46. The van der Waals surface area contributed by atoms with Gasteiger partial charge in [-0.05, 0) is 51.4 Å². The number of carbonyl (C=O) groups is 1. The molecule has 3 atom stereocenters. The van der Waals surface area contributed by atoms with Crippen LogP contribution in [0.15, 0.2) is 36.5 Å². The van der Waals surface area contributed by atoms with Crippen LogP contribution in [0.4, 0.5) is 0 Å². The predicted octanol–water partition coefficient (Wildman–Crippen LogP) is 12.7. The number of nitrogens with one attached hydrogen (secondary N) is 1. The molecule has 0 saturated heterocycles. The van der Waals surface area contributed by atoms with Crippen LogP contribution in [0.5, 0.6) is 0 Å². The Morgan fingerprint density at radius 3 is 1.51 bits per heavy atom. The molecule has 0 aliphatic heterocycles. The number of carbonyl (C=O) groups excluding carboxylic acids is 1. The van der Waals surface area contributed by atoms with Gasteiger partial charge in [0.25, 0.3) is 0 Å². The average Bonchev–Trinajstić information content (AvgIpc) is 3.13. The maximum atomic E-state index is 12.7. The van der Waals surface area contributed by atoms with E-state index in [-0.39, 0.29) is 19.1 Å². The zero-order valence-electron chi connectivity index (χ0n) is 36.7. The Balaban J connectivity index is 3.87. The lowest BCUT2D eigenvalue weighted by Crippen LogP contribution is -2.46. The molecule has 3 N–H and O–H groups in total. The second-order valence-electron chi connectivity index (χ2n) is 16.8. The first-order valence-corrected chi connectivity index (χ1v) is 24.3. The van der Waals surface area contributed by atoms with E-state index in [9.17, 15) is 19.4 Å². The maximum absolute atomic E-state index is 12.7. The number of rotatable bonds is 41. The lowest BCUT2D eigenvalue weighted by Gasteiger charge is -2.26. The van der Waals surface area contributed by atoms with Crippen molar-refractivity contribution in [2.75, 3.05) is 40.9 Å². The van der Waals surface area contributed by atoms with Gasteiger partial charge in [-0.2, -0.15) is 0 Å². The largest absolute Gasteiger partial charge is 0.472 e. The van der Waals surface area contributed by atoms with E-state index in [0.717, 1.165) is 57.8 Å². The SMILES string of the molecule is CCCCCCC/C=C\C/C=C\C/C=C\CCCCCCCCCCCCCCCCC(=O)NC(COP(=O)(O)OCC[N+](C)(C)C)C(O)CCCCCC. The molecule has 0 spiro atoms. The number of phosphoric acid groups is 1. The van der Waals surface area contributed by atoms with E-state index in [4.69, 9.17) is 9.05 Å². The topological polar surface area (TPSA) is 105 Å². The van der Waals surface area contributed by atoms with Gasteiger partial charge in [0.1, 0.15) is 13.2 Å². The molecular formula is C46H90N2O6P+. The molecule has 0 rings (SSSR count). The Morgan fingerprint density at radius 1 is 0.618 bits per heavy atom. The van der Waals surface area contributed by atoms with Gasteiger partial charge in [-0.25, -0.2) is 4.57 Å². The monoisotopic (exact) mass is 798 g/mol. The second kappa shape index (κ2) is 38.2. The number of hydrogen-bond acceptors (Lipinski definition) is 5. The first-order valence-electron chi connectivity index (χ1n) is 22.9. The fraction of sp³-hybridized carbons (Fsp3) is 0.848. The van der Waals surface area contributed by atoms with Gasteiger partial charge < -0.3 is 19.8 Å². The summed E-state index contributed by atoms with van der Waals surface area (Å²) in [5.74, 6) is -0.155. The molecule has 0 aliphatic rings. The van der Waals surface area contributed by atoms with E-state index >= 15 is 0 Å². The van der Waals surface area contributed by atoms with Crippen LogP contribution in [-0.2, 0) is 18.4 Å². The van der Waals surface area contributed by atoms with Crippen LogP contribution in [0.3, 0.4) is 0 Å². The molecule has 0 fully saturated rings. The summed E-state index contributed by atoms with van der Waals surface area (Å²) < 4.78 is 23.4. The minimum Gasteiger partial charge on any atom is -0.391 e. The molecule has 0 aromatic carbocycles. The van der Waals surface area contributed by atoms with E-state index in [0.29, 0.717) is 23.9 Å². The molecule has 0 aromatic heterocycles. The van der Waals surface area contributed by atoms with Crippen molar-refractivity contribution in [2.24, 2.45) is 0 Å². The summed E-state index contributed by atoms with van der Waals surface area (Å²) in [6.45, 7) is 4.75. The fourth-order valence-corrected chi connectivity index (χ4v) is 7.20. The molecule has 324 valence electrons. The number of amides is 1. The first-order chi connectivity index (χ1) is 26.5. The van der Waals surface area contributed by atoms with E-state index in [2.05, 4.69) is 55.6 Å². The van der Waals surface area contributed by atoms with E-state index in [1.807, 2.05) is 21.1 Å². The van der Waals surface area contributed by atoms with E-state index in [1.165, 1.54) is 116 Å². The molecule has 0 bridgehead atoms. The summed E-state index contributed by atoms with van der Waals surface area (Å²) in [6, 6.07) is -0.755. The number of nitrogens with zero attached hydrogens (tertiary/aromatic N) is 1. The second-order valence-corrected chi connectivity index (χ2v) is 18.2. The molecule has 0 aliphatic carbocycles. The van der Waals surface area contributed by atoms with Crippen LogP contribution in [0.25, 0.3) is 0 Å². The van der Waals surface area contributed by atoms with Crippen LogP contribution in [0, 0.1) is 0 Å². The number of aliphatic hydroxyl groups excluding tert-OH is 1. The van der Waals surface area contributed by atoms with Crippen molar-refractivity contribution in [1.29, 1.82) is 0 Å². The van der Waals surface area contributed by atoms with Crippen molar-refractivity contribution in [2.45, 2.75) is 212 Å². The highest BCUT2D eigenvalue weighted by atomic mass is 31.2. The maximum Gasteiger partial charge on any atom is 0.472 e. The van der Waals surface area contributed by atoms with Crippen molar-refractivity contribution >= 4 is 13.7 Å². The zero-order valence-corrected chi connectivity index (χ0v) is 37.6. The summed E-state index contributed by atoms with van der Waals surface area (Å²) in [5.41, 5.74) is 0. The Bertz CT molecular complexity index is 995. The highest BCUT2D eigenvalue weighted by Gasteiger charge is 2.28. The van der Waals surface area contributed by atoms with Gasteiger partial charge in [0, 0.05) is 6.42 Å². The van der Waals surface area contributed by atoms with Crippen LogP contribution < -0.4 is 5.32 Å². The average molecular weight is 798 g/mol. The number of likely N-dealkylation sites (N-methyl/N-ethyl adjacent to an activating group) is 1. The molecule has 3 unspecified atom stereocenters. The van der Waals surface area contributed by atoms with Crippen molar-refractivity contribution in [1.82, 2.24) is 5.32 Å². The summed E-state index contributed by atoms with van der Waals surface area (Å²) in [4.78, 5) is 22.9. The lowest BCUT2D eigenvalue weighted by atomic mass is 10.0. The third-order valence-corrected chi connectivity index (χ3v) is 11.1. The van der Waals surface area contributed by atoms with Crippen molar-refractivity contribution in [3.63, 3.8) is 0 Å². The van der Waals surface area contributed by atoms with E-state index < -0.39 is 20.0 Å². The number of hydrogen-bond donors (Lipinski definition) is 3. The predicted molar refractivity (Wildman–Crippen MR) is 235 cm³/mol. The van der Waals surface area contributed by atoms with Crippen LogP contribution in [0.2, 0.25) is 0 Å². The van der Waals surface area contributed by atoms with Gasteiger partial charge >= 0.3 is 7.82 Å². The van der Waals surface area contributed by atoms with Gasteiger partial charge in [-0.15, -0.1) is 0 Å². The van der Waals surface area contributed by atoms with Gasteiger partial charge in [0.15, 0.2) is 0 Å². The minimum absolute atomic E-state index is 0.0731. The number of quaternary nitrogens is 1. The Kier molecular flexibility index (Phi) is 37.4. The molecule has 8 nitrogen and oxygen atoms in total. The third-order valence-electron chi connectivity index (χ3n) is 10.1. The minimum atomic E-state index is -4.29. The van der Waals surface area contributed by atoms with Gasteiger partial charge in [-0.1, -0.05) is 179 Å². The zero-order chi connectivity index (χ0) is 40.7. The summed E-state index contributed by atoms with van der Waals surface area (Å²) in [5, 5.41) is 13.7. The number of unbranched alkanes of at least 4 members (excludes halogenated alkanes) is 22. The number of aliphatic hydroxyl groups is 1. The molecule has 1 amide bonds. The molecule has 0 radical (unpaired) electrons. The highest BCUT2D eigenvalue weighted by molar-refractivity contribution is 7.47. The van der Waals surface area contributed by atoms with E-state index in [1.54, 1.807) is 0 Å². The Morgan fingerprint density at radius 2 is 1.04 bits per heavy atom. The van der Waals surface area contributed by atoms with Gasteiger partial charge in [0.2, 0.25) is 5.91 Å². The van der Waals surface area contributed by atoms with Crippen LogP contribution in [-0.4, -0.2) is 73.4 Å². The quantitative estimate of drug-likeness (QED) is 0.0246. The molecule has 0 aromatic rings. The highest BCUT2D eigenvalue weighted by Crippen LogP contribution is 2.43. The lowest BCUT2D eigenvalue weighted by molar-refractivity contribution is -0.870. The Hall–Kier alpha value is -1.28. The third kappa shape index (κ3) is 40.7. The Labute approximate surface area is 340 Å². The molecule has 55 heavy (non-hydrogen) atoms. The smallest absolute Gasteiger partial charge is 0.391 e. The molecule has 9 heteroatoms. The summed E-state index contributed by atoms with van der Waals surface area (Å²) in [7, 11) is 1.61. The van der Waals surface area contributed by atoms with Crippen molar-refractivity contribution in [3.05, 3.63) is 36.5 Å². The van der Waals surface area contributed by atoms with Gasteiger partial charge in [0.05, 0.1) is 39.9 Å². The van der Waals surface area contributed by atoms with Crippen LogP contribution >= 0.6 is 7.82 Å². The van der Waals surface area contributed by atoms with Crippen molar-refractivity contribution < 1.29 is 32.9 Å². The van der Waals surface area contributed by atoms with Crippen molar-refractivity contribution in [3.8, 4) is 0 Å². The standard InChI is InChI=1S/C46H89N2O6P/c1-6-8-10-12-13-14-15-16-17-18-19-20-21-22-23-24-25-26-27-28-29-30-31-32-33-34-35-36-38-40-46(50)47-44(45(49)39-37-11-9-7-2)43-54-55(51,52)53-42-41-48(3,4)5/h15-16,18-19,21-22,44-45,49H,6-14,17,20,23-43H2,1-5H3,(H-,47,50,51,52)/p+1/b16-15-,19-18-,22-21-. The normalized spacial score (nSPS) is 14.7.